The molecule has 1 heterocycles. The van der Waals surface area contributed by atoms with Gasteiger partial charge in [0, 0.05) is 13.0 Å². The molecule has 1 aromatic rings. The van der Waals surface area contributed by atoms with Crippen molar-refractivity contribution in [1.29, 1.82) is 0 Å². The van der Waals surface area contributed by atoms with Crippen molar-refractivity contribution in [2.24, 2.45) is 0 Å². The van der Waals surface area contributed by atoms with E-state index in [-0.39, 0.29) is 5.01 Å². The molecule has 0 unspecified atom stereocenters. The van der Waals surface area contributed by atoms with Crippen molar-refractivity contribution in [2.45, 2.75) is 19.8 Å². The van der Waals surface area contributed by atoms with Crippen molar-refractivity contribution in [3.8, 4) is 0 Å². The zero-order valence-corrected chi connectivity index (χ0v) is 8.07. The van der Waals surface area contributed by atoms with Crippen LogP contribution in [0.3, 0.4) is 0 Å². The Balaban J connectivity index is 2.40. The van der Waals surface area contributed by atoms with Gasteiger partial charge in [-0.2, -0.15) is 0 Å². The van der Waals surface area contributed by atoms with Crippen molar-refractivity contribution < 1.29 is 8.78 Å². The fourth-order valence-electron chi connectivity index (χ4n) is 0.828. The summed E-state index contributed by atoms with van der Waals surface area (Å²) in [4.78, 5) is 0. The van der Waals surface area contributed by atoms with Crippen molar-refractivity contribution in [2.75, 3.05) is 13.1 Å². The number of aromatic nitrogens is 2. The quantitative estimate of drug-likeness (QED) is 0.746. The Morgan fingerprint density at radius 1 is 1.46 bits per heavy atom. The minimum atomic E-state index is -2.50. The third-order valence-electron chi connectivity index (χ3n) is 1.43. The maximum Gasteiger partial charge on any atom is 0.291 e. The minimum Gasteiger partial charge on any atom is -0.317 e. The average Bonchev–Trinajstić information content (AvgIpc) is 2.53. The predicted octanol–water partition coefficient (Wildman–Crippen LogP) is 1.63. The van der Waals surface area contributed by atoms with E-state index in [1.54, 1.807) is 0 Å². The summed E-state index contributed by atoms with van der Waals surface area (Å²) in [6.07, 6.45) is -1.83. The van der Waals surface area contributed by atoms with Gasteiger partial charge < -0.3 is 5.32 Å². The van der Waals surface area contributed by atoms with Gasteiger partial charge >= 0.3 is 0 Å². The lowest BCUT2D eigenvalue weighted by Gasteiger charge is -1.95. The molecule has 0 aliphatic carbocycles. The molecule has 0 atom stereocenters. The first-order valence-corrected chi connectivity index (χ1v) is 4.86. The van der Waals surface area contributed by atoms with Crippen molar-refractivity contribution in [3.63, 3.8) is 0 Å². The summed E-state index contributed by atoms with van der Waals surface area (Å²) in [5.41, 5.74) is 0. The van der Waals surface area contributed by atoms with Gasteiger partial charge in [0.15, 0.2) is 5.01 Å². The number of nitrogens with zero attached hydrogens (tertiary/aromatic N) is 2. The van der Waals surface area contributed by atoms with Crippen LogP contribution in [0, 0.1) is 0 Å². The lowest BCUT2D eigenvalue weighted by atomic mass is 10.4. The number of nitrogens with one attached hydrogen (secondary N) is 1. The second kappa shape index (κ2) is 5.18. The highest BCUT2D eigenvalue weighted by Gasteiger charge is 2.13. The molecule has 0 aromatic carbocycles. The van der Waals surface area contributed by atoms with E-state index in [0.717, 1.165) is 24.4 Å². The average molecular weight is 207 g/mol. The van der Waals surface area contributed by atoms with E-state index in [1.165, 1.54) is 0 Å². The number of halogens is 2. The number of rotatable bonds is 5. The molecule has 6 heteroatoms. The molecule has 0 fully saturated rings. The van der Waals surface area contributed by atoms with E-state index >= 15 is 0 Å². The standard InChI is InChI=1S/C7H11F2N3S/c1-2-10-4-3-5-11-12-7(13-5)6(8)9/h6,10H,2-4H2,1H3. The van der Waals surface area contributed by atoms with Crippen LogP contribution in [-0.4, -0.2) is 23.3 Å². The van der Waals surface area contributed by atoms with Gasteiger partial charge in [-0.3, -0.25) is 0 Å². The first-order chi connectivity index (χ1) is 6.24. The molecule has 1 rings (SSSR count). The third-order valence-corrected chi connectivity index (χ3v) is 2.43. The van der Waals surface area contributed by atoms with Crippen LogP contribution < -0.4 is 5.32 Å². The molecular weight excluding hydrogens is 196 g/mol. The van der Waals surface area contributed by atoms with Gasteiger partial charge in [0.2, 0.25) is 0 Å². The smallest absolute Gasteiger partial charge is 0.291 e. The van der Waals surface area contributed by atoms with Crippen LogP contribution in [0.5, 0.6) is 0 Å². The fraction of sp³-hybridized carbons (Fsp3) is 0.714. The maximum absolute atomic E-state index is 12.1. The molecule has 0 amide bonds. The van der Waals surface area contributed by atoms with E-state index in [1.807, 2.05) is 6.92 Å². The van der Waals surface area contributed by atoms with Gasteiger partial charge in [-0.15, -0.1) is 10.2 Å². The van der Waals surface area contributed by atoms with Crippen LogP contribution in [0.1, 0.15) is 23.4 Å². The van der Waals surface area contributed by atoms with Crippen LogP contribution in [0.15, 0.2) is 0 Å². The molecule has 3 nitrogen and oxygen atoms in total. The molecule has 1 N–H and O–H groups in total. The van der Waals surface area contributed by atoms with Gasteiger partial charge in [0.1, 0.15) is 5.01 Å². The van der Waals surface area contributed by atoms with Crippen molar-refractivity contribution in [1.82, 2.24) is 15.5 Å². The second-order valence-electron chi connectivity index (χ2n) is 2.44. The molecule has 0 saturated heterocycles. The van der Waals surface area contributed by atoms with Gasteiger partial charge in [0.05, 0.1) is 0 Å². The largest absolute Gasteiger partial charge is 0.317 e. The molecule has 13 heavy (non-hydrogen) atoms. The Labute approximate surface area is 79.2 Å². The highest BCUT2D eigenvalue weighted by molar-refractivity contribution is 7.11. The lowest BCUT2D eigenvalue weighted by Crippen LogP contribution is -2.15. The van der Waals surface area contributed by atoms with E-state index in [9.17, 15) is 8.78 Å². The predicted molar refractivity (Wildman–Crippen MR) is 47.1 cm³/mol. The van der Waals surface area contributed by atoms with E-state index in [2.05, 4.69) is 15.5 Å². The first kappa shape index (κ1) is 10.5. The Kier molecular flexibility index (Phi) is 4.17. The van der Waals surface area contributed by atoms with Crippen LogP contribution >= 0.6 is 11.3 Å². The molecule has 0 aliphatic rings. The molecule has 0 saturated carbocycles. The molecule has 74 valence electrons. The molecular formula is C7H11F2N3S. The minimum absolute atomic E-state index is 0.188. The lowest BCUT2D eigenvalue weighted by molar-refractivity contribution is 0.150. The normalized spacial score (nSPS) is 11.1. The second-order valence-corrected chi connectivity index (χ2v) is 3.53. The summed E-state index contributed by atoms with van der Waals surface area (Å²) < 4.78 is 24.1. The Hall–Kier alpha value is -0.620. The third kappa shape index (κ3) is 3.31. The number of hydrogen-bond donors (Lipinski definition) is 1. The van der Waals surface area contributed by atoms with Crippen LogP contribution in [0.4, 0.5) is 8.78 Å². The van der Waals surface area contributed by atoms with Crippen LogP contribution in [0.2, 0.25) is 0 Å². The van der Waals surface area contributed by atoms with Crippen LogP contribution in [-0.2, 0) is 6.42 Å². The molecule has 0 bridgehead atoms. The summed E-state index contributed by atoms with van der Waals surface area (Å²) in [7, 11) is 0. The van der Waals surface area contributed by atoms with Crippen molar-refractivity contribution >= 4 is 11.3 Å². The fourth-order valence-corrected chi connectivity index (χ4v) is 1.53. The Bertz CT molecular complexity index is 252. The number of alkyl halides is 2. The van der Waals surface area contributed by atoms with Gasteiger partial charge in [-0.25, -0.2) is 8.78 Å². The van der Waals surface area contributed by atoms with Gasteiger partial charge in [-0.1, -0.05) is 18.3 Å². The summed E-state index contributed by atoms with van der Waals surface area (Å²) in [5.74, 6) is 0. The zero-order chi connectivity index (χ0) is 9.68. The van der Waals surface area contributed by atoms with Gasteiger partial charge in [-0.05, 0) is 6.54 Å². The SMILES string of the molecule is CCNCCc1nnc(C(F)F)s1. The topological polar surface area (TPSA) is 37.8 Å². The van der Waals surface area contributed by atoms with E-state index in [0.29, 0.717) is 11.4 Å². The maximum atomic E-state index is 12.1. The Morgan fingerprint density at radius 3 is 2.77 bits per heavy atom. The van der Waals surface area contributed by atoms with E-state index < -0.39 is 6.43 Å². The molecule has 0 aliphatic heterocycles. The van der Waals surface area contributed by atoms with Crippen LogP contribution in [0.25, 0.3) is 0 Å². The molecule has 1 aromatic heterocycles. The van der Waals surface area contributed by atoms with E-state index in [4.69, 9.17) is 0 Å². The zero-order valence-electron chi connectivity index (χ0n) is 7.26. The highest BCUT2D eigenvalue weighted by Crippen LogP contribution is 2.22. The summed E-state index contributed by atoms with van der Waals surface area (Å²) in [6, 6.07) is 0. The number of hydrogen-bond acceptors (Lipinski definition) is 4. The number of likely N-dealkylation sites (N-methyl/N-ethyl adjacent to an activating group) is 1. The Morgan fingerprint density at radius 2 is 2.23 bits per heavy atom. The summed E-state index contributed by atoms with van der Waals surface area (Å²) in [5, 5.41) is 10.6. The highest BCUT2D eigenvalue weighted by atomic mass is 32.1. The van der Waals surface area contributed by atoms with Gasteiger partial charge in [0.25, 0.3) is 6.43 Å². The summed E-state index contributed by atoms with van der Waals surface area (Å²) >= 11 is 0.979. The summed E-state index contributed by atoms with van der Waals surface area (Å²) in [6.45, 7) is 3.62. The van der Waals surface area contributed by atoms with Crippen molar-refractivity contribution in [3.05, 3.63) is 10.0 Å². The molecule has 0 radical (unpaired) electrons. The monoisotopic (exact) mass is 207 g/mol. The first-order valence-electron chi connectivity index (χ1n) is 4.05. The molecule has 0 spiro atoms.